The molecule has 1 aromatic heterocycles. The van der Waals surface area contributed by atoms with Crippen molar-refractivity contribution in [3.05, 3.63) is 30.0 Å². The fraction of sp³-hybridized carbons (Fsp3) is 0.619. The molecule has 0 aliphatic heterocycles. The number of hydrogen-bond acceptors (Lipinski definition) is 3. The Labute approximate surface area is 158 Å². The predicted octanol–water partition coefficient (Wildman–Crippen LogP) is 4.94. The molecular formula is C21H33NO3Si. The van der Waals surface area contributed by atoms with Crippen LogP contribution in [0.2, 0.25) is 18.1 Å². The Morgan fingerprint density at radius 3 is 2.54 bits per heavy atom. The van der Waals surface area contributed by atoms with Gasteiger partial charge < -0.3 is 18.8 Å². The summed E-state index contributed by atoms with van der Waals surface area (Å²) in [7, 11) is -1.74. The molecule has 5 heteroatoms. The molecule has 1 aromatic carbocycles. The summed E-state index contributed by atoms with van der Waals surface area (Å²) in [5, 5.41) is 11.1. The lowest BCUT2D eigenvalue weighted by molar-refractivity contribution is 0.204. The van der Waals surface area contributed by atoms with Crippen molar-refractivity contribution in [3.8, 4) is 5.75 Å². The van der Waals surface area contributed by atoms with E-state index in [0.29, 0.717) is 13.2 Å². The van der Waals surface area contributed by atoms with E-state index in [1.54, 1.807) is 0 Å². The van der Waals surface area contributed by atoms with E-state index in [2.05, 4.69) is 50.6 Å². The highest BCUT2D eigenvalue weighted by Gasteiger charge is 2.36. The fourth-order valence-electron chi connectivity index (χ4n) is 3.03. The van der Waals surface area contributed by atoms with Gasteiger partial charge in [0.25, 0.3) is 0 Å². The highest BCUT2D eigenvalue weighted by atomic mass is 28.4. The molecule has 0 atom stereocenters. The van der Waals surface area contributed by atoms with Gasteiger partial charge in [0.15, 0.2) is 8.32 Å². The summed E-state index contributed by atoms with van der Waals surface area (Å²) < 4.78 is 14.6. The number of para-hydroxylation sites is 1. The molecule has 144 valence electrons. The summed E-state index contributed by atoms with van der Waals surface area (Å²) in [6, 6.07) is 8.22. The first-order valence-corrected chi connectivity index (χ1v) is 12.6. The summed E-state index contributed by atoms with van der Waals surface area (Å²) in [5.74, 6) is 1.63. The van der Waals surface area contributed by atoms with Crippen molar-refractivity contribution in [3.63, 3.8) is 0 Å². The minimum atomic E-state index is -1.74. The van der Waals surface area contributed by atoms with Gasteiger partial charge in [0.1, 0.15) is 12.4 Å². The maximum absolute atomic E-state index is 9.75. The van der Waals surface area contributed by atoms with Crippen molar-refractivity contribution in [2.45, 2.75) is 64.9 Å². The number of aromatic nitrogens is 1. The minimum Gasteiger partial charge on any atom is -0.489 e. The standard InChI is InChI=1S/C21H33NO3Si/c1-21(2,3)26(4,5)25-12-11-24-19-8-6-7-17-13-18(15-23)22(20(17)19)14-16-9-10-16/h6-8,13,16,23H,9-12,14-15H2,1-5H3. The maximum Gasteiger partial charge on any atom is 0.192 e. The van der Waals surface area contributed by atoms with Gasteiger partial charge in [-0.15, -0.1) is 0 Å². The van der Waals surface area contributed by atoms with Crippen LogP contribution in [-0.4, -0.2) is 31.2 Å². The molecule has 0 saturated heterocycles. The smallest absolute Gasteiger partial charge is 0.192 e. The first-order chi connectivity index (χ1) is 12.2. The average molecular weight is 376 g/mol. The van der Waals surface area contributed by atoms with Crippen molar-refractivity contribution >= 4 is 19.2 Å². The molecule has 0 bridgehead atoms. The van der Waals surface area contributed by atoms with Crippen LogP contribution in [0.4, 0.5) is 0 Å². The number of aliphatic hydroxyl groups is 1. The van der Waals surface area contributed by atoms with Gasteiger partial charge in [0.05, 0.1) is 18.7 Å². The number of rotatable bonds is 8. The maximum atomic E-state index is 9.75. The van der Waals surface area contributed by atoms with E-state index in [0.717, 1.165) is 34.8 Å². The SMILES string of the molecule is CC(C)(C)[Si](C)(C)OCCOc1cccc2cc(CO)n(CC3CC3)c12. The van der Waals surface area contributed by atoms with E-state index in [4.69, 9.17) is 9.16 Å². The molecule has 1 fully saturated rings. The Bertz CT molecular complexity index is 756. The van der Waals surface area contributed by atoms with E-state index in [-0.39, 0.29) is 11.6 Å². The number of nitrogens with zero attached hydrogens (tertiary/aromatic N) is 1. The Morgan fingerprint density at radius 1 is 1.19 bits per heavy atom. The second-order valence-corrected chi connectivity index (χ2v) is 13.8. The Hall–Kier alpha value is -1.30. The normalized spacial score (nSPS) is 15.6. The molecule has 0 spiro atoms. The van der Waals surface area contributed by atoms with Crippen LogP contribution in [-0.2, 0) is 17.6 Å². The van der Waals surface area contributed by atoms with E-state index in [1.165, 1.54) is 12.8 Å². The zero-order valence-electron chi connectivity index (χ0n) is 16.8. The Morgan fingerprint density at radius 2 is 1.92 bits per heavy atom. The quantitative estimate of drug-likeness (QED) is 0.525. The van der Waals surface area contributed by atoms with Crippen LogP contribution >= 0.6 is 0 Å². The third-order valence-electron chi connectivity index (χ3n) is 5.88. The van der Waals surface area contributed by atoms with E-state index in [1.807, 2.05) is 12.1 Å². The summed E-state index contributed by atoms with van der Waals surface area (Å²) in [6.07, 6.45) is 2.57. The third kappa shape index (κ3) is 4.16. The van der Waals surface area contributed by atoms with Crippen molar-refractivity contribution in [1.29, 1.82) is 0 Å². The van der Waals surface area contributed by atoms with Gasteiger partial charge in [-0.3, -0.25) is 0 Å². The van der Waals surface area contributed by atoms with Crippen LogP contribution in [0.25, 0.3) is 10.9 Å². The molecule has 0 unspecified atom stereocenters. The van der Waals surface area contributed by atoms with Crippen LogP contribution in [0.3, 0.4) is 0 Å². The number of ether oxygens (including phenoxy) is 1. The second-order valence-electron chi connectivity index (χ2n) is 9.00. The molecule has 2 aromatic rings. The number of fused-ring (bicyclic) bond motifs is 1. The number of aliphatic hydroxyl groups excluding tert-OH is 1. The van der Waals surface area contributed by atoms with Gasteiger partial charge in [0, 0.05) is 17.6 Å². The number of benzene rings is 1. The summed E-state index contributed by atoms with van der Waals surface area (Å²) >= 11 is 0. The third-order valence-corrected chi connectivity index (χ3v) is 10.4. The van der Waals surface area contributed by atoms with Gasteiger partial charge >= 0.3 is 0 Å². The van der Waals surface area contributed by atoms with Gasteiger partial charge in [-0.05, 0) is 49.0 Å². The van der Waals surface area contributed by atoms with Crippen LogP contribution in [0, 0.1) is 5.92 Å². The molecule has 1 saturated carbocycles. The lowest BCUT2D eigenvalue weighted by Gasteiger charge is -2.36. The zero-order chi connectivity index (χ0) is 18.9. The Balaban J connectivity index is 1.72. The predicted molar refractivity (Wildman–Crippen MR) is 109 cm³/mol. The molecule has 0 amide bonds. The summed E-state index contributed by atoms with van der Waals surface area (Å²) in [4.78, 5) is 0. The Kier molecular flexibility index (Phi) is 5.52. The van der Waals surface area contributed by atoms with Crippen molar-refractivity contribution < 1.29 is 14.3 Å². The molecule has 1 heterocycles. The highest BCUT2D eigenvalue weighted by Crippen LogP contribution is 2.37. The zero-order valence-corrected chi connectivity index (χ0v) is 17.8. The van der Waals surface area contributed by atoms with E-state index >= 15 is 0 Å². The van der Waals surface area contributed by atoms with Crippen LogP contribution < -0.4 is 4.74 Å². The molecule has 1 aliphatic carbocycles. The molecule has 1 aliphatic rings. The van der Waals surface area contributed by atoms with Crippen LogP contribution in [0.15, 0.2) is 24.3 Å². The molecule has 26 heavy (non-hydrogen) atoms. The lowest BCUT2D eigenvalue weighted by Crippen LogP contribution is -2.41. The van der Waals surface area contributed by atoms with Gasteiger partial charge in [0.2, 0.25) is 0 Å². The first-order valence-electron chi connectivity index (χ1n) is 9.71. The summed E-state index contributed by atoms with van der Waals surface area (Å²) in [5.41, 5.74) is 2.08. The van der Waals surface area contributed by atoms with Gasteiger partial charge in [-0.2, -0.15) is 0 Å². The van der Waals surface area contributed by atoms with Gasteiger partial charge in [-0.1, -0.05) is 32.9 Å². The fourth-order valence-corrected chi connectivity index (χ4v) is 4.05. The van der Waals surface area contributed by atoms with Crippen LogP contribution in [0.1, 0.15) is 39.3 Å². The monoisotopic (exact) mass is 375 g/mol. The van der Waals surface area contributed by atoms with Crippen molar-refractivity contribution in [1.82, 2.24) is 4.57 Å². The van der Waals surface area contributed by atoms with Crippen LogP contribution in [0.5, 0.6) is 5.75 Å². The second kappa shape index (κ2) is 7.37. The molecule has 3 rings (SSSR count). The largest absolute Gasteiger partial charge is 0.489 e. The molecule has 0 radical (unpaired) electrons. The van der Waals surface area contributed by atoms with Crippen molar-refractivity contribution in [2.75, 3.05) is 13.2 Å². The molecular weight excluding hydrogens is 342 g/mol. The lowest BCUT2D eigenvalue weighted by atomic mass is 10.2. The van der Waals surface area contributed by atoms with E-state index < -0.39 is 8.32 Å². The topological polar surface area (TPSA) is 43.6 Å². The van der Waals surface area contributed by atoms with Crippen molar-refractivity contribution in [2.24, 2.45) is 5.92 Å². The first kappa shape index (κ1) is 19.5. The minimum absolute atomic E-state index is 0.0648. The highest BCUT2D eigenvalue weighted by molar-refractivity contribution is 6.74. The summed E-state index contributed by atoms with van der Waals surface area (Å²) in [6.45, 7) is 13.5. The van der Waals surface area contributed by atoms with Gasteiger partial charge in [-0.25, -0.2) is 0 Å². The molecule has 4 nitrogen and oxygen atoms in total. The van der Waals surface area contributed by atoms with E-state index in [9.17, 15) is 5.11 Å². The molecule has 1 N–H and O–H groups in total. The number of hydrogen-bond donors (Lipinski definition) is 1. The average Bonchev–Trinajstić information content (AvgIpc) is 3.31.